The van der Waals surface area contributed by atoms with Gasteiger partial charge in [0.15, 0.2) is 0 Å². The second-order valence-electron chi connectivity index (χ2n) is 7.60. The van der Waals surface area contributed by atoms with Crippen LogP contribution >= 0.6 is 0 Å². The Balaban J connectivity index is 1.76. The fraction of sp³-hybridized carbons (Fsp3) is 0.333. The Morgan fingerprint density at radius 3 is 2.37 bits per heavy atom. The van der Waals surface area contributed by atoms with E-state index in [9.17, 15) is 14.7 Å². The number of hydrogen-bond donors (Lipinski definition) is 3. The molecule has 0 bridgehead atoms. The Morgan fingerprint density at radius 2 is 1.70 bits per heavy atom. The van der Waals surface area contributed by atoms with Crippen LogP contribution in [0.25, 0.3) is 0 Å². The molecule has 3 N–H and O–H groups in total. The van der Waals surface area contributed by atoms with E-state index in [1.165, 1.54) is 0 Å². The van der Waals surface area contributed by atoms with Crippen molar-refractivity contribution in [3.05, 3.63) is 53.6 Å². The van der Waals surface area contributed by atoms with E-state index < -0.39 is 17.6 Å². The van der Waals surface area contributed by atoms with Crippen molar-refractivity contribution in [2.45, 2.75) is 45.1 Å². The van der Waals surface area contributed by atoms with Crippen LogP contribution in [0.1, 0.15) is 44.2 Å². The average Bonchev–Trinajstić information content (AvgIpc) is 3.00. The van der Waals surface area contributed by atoms with Crippen LogP contribution in [0.2, 0.25) is 0 Å². The Hall–Kier alpha value is -3.02. The highest BCUT2D eigenvalue weighted by atomic mass is 16.6. The zero-order valence-corrected chi connectivity index (χ0v) is 15.7. The number of fused-ring (bicyclic) bond motifs is 1. The van der Waals surface area contributed by atoms with Crippen molar-refractivity contribution in [2.24, 2.45) is 0 Å². The fourth-order valence-electron chi connectivity index (χ4n) is 3.26. The van der Waals surface area contributed by atoms with Crippen LogP contribution in [0.3, 0.4) is 0 Å². The molecule has 3 rings (SSSR count). The molecule has 0 unspecified atom stereocenters. The van der Waals surface area contributed by atoms with Crippen LogP contribution in [0.5, 0.6) is 5.75 Å². The van der Waals surface area contributed by atoms with E-state index in [0.29, 0.717) is 23.4 Å². The predicted octanol–water partition coefficient (Wildman–Crippen LogP) is 4.41. The van der Waals surface area contributed by atoms with Crippen molar-refractivity contribution < 1.29 is 19.4 Å². The molecule has 0 spiro atoms. The first kappa shape index (κ1) is 18.8. The maximum Gasteiger partial charge on any atom is 0.412 e. The summed E-state index contributed by atoms with van der Waals surface area (Å²) in [5.74, 6) is -0.491. The second kappa shape index (κ2) is 7.31. The van der Waals surface area contributed by atoms with Gasteiger partial charge in [-0.25, -0.2) is 4.79 Å². The maximum atomic E-state index is 12.8. The highest BCUT2D eigenvalue weighted by Crippen LogP contribution is 2.39. The second-order valence-corrected chi connectivity index (χ2v) is 7.60. The number of aromatic hydroxyl groups is 1. The molecule has 142 valence electrons. The molecule has 0 heterocycles. The molecule has 0 saturated carbocycles. The van der Waals surface area contributed by atoms with E-state index in [-0.39, 0.29) is 11.7 Å². The predicted molar refractivity (Wildman–Crippen MR) is 104 cm³/mol. The molecule has 6 nitrogen and oxygen atoms in total. The van der Waals surface area contributed by atoms with Gasteiger partial charge in [-0.05, 0) is 57.4 Å². The average molecular weight is 368 g/mol. The molecule has 2 aromatic rings. The number of phenols is 1. The third-order valence-electron chi connectivity index (χ3n) is 4.36. The smallest absolute Gasteiger partial charge is 0.412 e. The van der Waals surface area contributed by atoms with Crippen LogP contribution < -0.4 is 10.6 Å². The van der Waals surface area contributed by atoms with Crippen molar-refractivity contribution in [1.82, 2.24) is 0 Å². The SMILES string of the molecule is CC(C)(C)OC(=O)Nc1ccccc1NC(=O)[C@H]1CCc2cccc(O)c21. The molecule has 2 aromatic carbocycles. The van der Waals surface area contributed by atoms with E-state index in [0.717, 1.165) is 12.0 Å². The minimum Gasteiger partial charge on any atom is -0.508 e. The molecule has 0 aliphatic heterocycles. The number of carbonyl (C=O) groups is 2. The van der Waals surface area contributed by atoms with Gasteiger partial charge in [-0.1, -0.05) is 24.3 Å². The molecule has 27 heavy (non-hydrogen) atoms. The summed E-state index contributed by atoms with van der Waals surface area (Å²) in [6.07, 6.45) is 0.799. The lowest BCUT2D eigenvalue weighted by Crippen LogP contribution is -2.28. The van der Waals surface area contributed by atoms with Gasteiger partial charge in [-0.15, -0.1) is 0 Å². The van der Waals surface area contributed by atoms with Gasteiger partial charge in [0, 0.05) is 5.56 Å². The number of phenolic OH excluding ortho intramolecular Hbond substituents is 1. The first-order valence-electron chi connectivity index (χ1n) is 8.95. The standard InChI is InChI=1S/C21H24N2O4/c1-21(2,3)27-20(26)23-16-9-5-4-8-15(16)22-19(25)14-12-11-13-7-6-10-17(24)18(13)14/h4-10,14,24H,11-12H2,1-3H3,(H,22,25)(H,23,26)/t14-/m0/s1. The first-order chi connectivity index (χ1) is 12.7. The van der Waals surface area contributed by atoms with E-state index in [1.807, 2.05) is 6.07 Å². The van der Waals surface area contributed by atoms with Crippen molar-refractivity contribution >= 4 is 23.4 Å². The van der Waals surface area contributed by atoms with Crippen molar-refractivity contribution in [1.29, 1.82) is 0 Å². The summed E-state index contributed by atoms with van der Waals surface area (Å²) >= 11 is 0. The Labute approximate surface area is 158 Å². The van der Waals surface area contributed by atoms with E-state index in [4.69, 9.17) is 4.74 Å². The maximum absolute atomic E-state index is 12.8. The zero-order valence-electron chi connectivity index (χ0n) is 15.7. The lowest BCUT2D eigenvalue weighted by atomic mass is 9.99. The first-order valence-corrected chi connectivity index (χ1v) is 8.95. The number of rotatable bonds is 3. The summed E-state index contributed by atoms with van der Waals surface area (Å²) in [5.41, 5.74) is 2.00. The number of benzene rings is 2. The van der Waals surface area contributed by atoms with Gasteiger partial charge in [0.05, 0.1) is 17.3 Å². The van der Waals surface area contributed by atoms with E-state index in [2.05, 4.69) is 10.6 Å². The minimum atomic E-state index is -0.618. The lowest BCUT2D eigenvalue weighted by molar-refractivity contribution is -0.117. The number of ether oxygens (including phenoxy) is 1. The highest BCUT2D eigenvalue weighted by Gasteiger charge is 2.31. The van der Waals surface area contributed by atoms with Crippen molar-refractivity contribution in [3.63, 3.8) is 0 Å². The summed E-state index contributed by atoms with van der Waals surface area (Å²) in [6, 6.07) is 12.3. The Bertz CT molecular complexity index is 871. The van der Waals surface area contributed by atoms with E-state index in [1.54, 1.807) is 57.2 Å². The largest absolute Gasteiger partial charge is 0.508 e. The third-order valence-corrected chi connectivity index (χ3v) is 4.36. The van der Waals surface area contributed by atoms with Crippen LogP contribution in [0.15, 0.2) is 42.5 Å². The fourth-order valence-corrected chi connectivity index (χ4v) is 3.26. The van der Waals surface area contributed by atoms with Gasteiger partial charge in [0.1, 0.15) is 11.4 Å². The Morgan fingerprint density at radius 1 is 1.04 bits per heavy atom. The van der Waals surface area contributed by atoms with Crippen molar-refractivity contribution in [3.8, 4) is 5.75 Å². The van der Waals surface area contributed by atoms with Gasteiger partial charge in [0.25, 0.3) is 0 Å². The van der Waals surface area contributed by atoms with E-state index >= 15 is 0 Å². The lowest BCUT2D eigenvalue weighted by Gasteiger charge is -2.21. The van der Waals surface area contributed by atoms with Gasteiger partial charge in [-0.2, -0.15) is 0 Å². The van der Waals surface area contributed by atoms with Gasteiger partial charge >= 0.3 is 6.09 Å². The summed E-state index contributed by atoms with van der Waals surface area (Å²) in [5, 5.41) is 15.7. The number of amides is 2. The van der Waals surface area contributed by atoms with Crippen molar-refractivity contribution in [2.75, 3.05) is 10.6 Å². The van der Waals surface area contributed by atoms with Crippen LogP contribution in [0, 0.1) is 0 Å². The van der Waals surface area contributed by atoms with Gasteiger partial charge < -0.3 is 15.2 Å². The Kier molecular flexibility index (Phi) is 5.08. The van der Waals surface area contributed by atoms with Crippen LogP contribution in [0.4, 0.5) is 16.2 Å². The summed E-state index contributed by atoms with van der Waals surface area (Å²) < 4.78 is 5.27. The summed E-state index contributed by atoms with van der Waals surface area (Å²) in [4.78, 5) is 24.9. The van der Waals surface area contributed by atoms with Gasteiger partial charge in [0.2, 0.25) is 5.91 Å². The number of nitrogens with one attached hydrogen (secondary N) is 2. The summed E-state index contributed by atoms with van der Waals surface area (Å²) in [6.45, 7) is 5.35. The normalized spacial score (nSPS) is 15.7. The molecule has 0 aromatic heterocycles. The molecular weight excluding hydrogens is 344 g/mol. The number of para-hydroxylation sites is 2. The van der Waals surface area contributed by atoms with Crippen LogP contribution in [-0.4, -0.2) is 22.7 Å². The van der Waals surface area contributed by atoms with Crippen LogP contribution in [-0.2, 0) is 16.0 Å². The monoisotopic (exact) mass is 368 g/mol. The molecule has 0 saturated heterocycles. The number of carbonyl (C=O) groups excluding carboxylic acids is 2. The minimum absolute atomic E-state index is 0.144. The molecule has 2 amide bonds. The third kappa shape index (κ3) is 4.39. The zero-order chi connectivity index (χ0) is 19.6. The molecular formula is C21H24N2O4. The highest BCUT2D eigenvalue weighted by molar-refractivity contribution is 6.01. The quantitative estimate of drug-likeness (QED) is 0.749. The molecule has 0 fully saturated rings. The molecule has 6 heteroatoms. The molecule has 1 aliphatic rings. The number of aryl methyl sites for hydroxylation is 1. The number of hydrogen-bond acceptors (Lipinski definition) is 4. The summed E-state index contributed by atoms with van der Waals surface area (Å²) in [7, 11) is 0. The van der Waals surface area contributed by atoms with Gasteiger partial charge in [-0.3, -0.25) is 10.1 Å². The molecule has 1 aliphatic carbocycles. The molecule has 1 atom stereocenters. The number of anilines is 2. The molecule has 0 radical (unpaired) electrons. The topological polar surface area (TPSA) is 87.7 Å².